The molecular weight excluding hydrogens is 464 g/mol. The van der Waals surface area contributed by atoms with Crippen LogP contribution >= 0.6 is 22.9 Å². The van der Waals surface area contributed by atoms with E-state index in [1.54, 1.807) is 0 Å². The molecule has 0 atom stereocenters. The lowest BCUT2D eigenvalue weighted by Gasteiger charge is -2.10. The summed E-state index contributed by atoms with van der Waals surface area (Å²) in [5, 5.41) is 5.19. The molecular formula is C15H10ClF6N5O2S. The summed E-state index contributed by atoms with van der Waals surface area (Å²) in [7, 11) is 0. The molecule has 0 spiro atoms. The Labute approximate surface area is 171 Å². The Hall–Kier alpha value is -2.61. The van der Waals surface area contributed by atoms with Crippen molar-refractivity contribution in [2.75, 3.05) is 6.54 Å². The van der Waals surface area contributed by atoms with Gasteiger partial charge in [0.1, 0.15) is 16.3 Å². The number of nitrogens with one attached hydrogen (secondary N) is 1. The van der Waals surface area contributed by atoms with Gasteiger partial charge in [0.15, 0.2) is 10.1 Å². The van der Waals surface area contributed by atoms with Gasteiger partial charge < -0.3 is 5.32 Å². The van der Waals surface area contributed by atoms with Crippen LogP contribution in [0, 0.1) is 0 Å². The summed E-state index contributed by atoms with van der Waals surface area (Å²) < 4.78 is 80.3. The van der Waals surface area contributed by atoms with Crippen molar-refractivity contribution in [3.8, 4) is 0 Å². The second kappa shape index (κ2) is 7.58. The molecule has 0 aliphatic carbocycles. The van der Waals surface area contributed by atoms with E-state index in [1.807, 2.05) is 0 Å². The van der Waals surface area contributed by atoms with Crippen LogP contribution in [-0.4, -0.2) is 31.6 Å². The third-order valence-electron chi connectivity index (χ3n) is 3.74. The SMILES string of the molecule is CCNC(=O)c1c(C(F)(F)F)sc2nc(Cn3nc(Cl)cc3C(F)(F)F)cc(=O)n12. The fraction of sp³-hybridized carbons (Fsp3) is 0.333. The average Bonchev–Trinajstić information content (AvgIpc) is 3.15. The van der Waals surface area contributed by atoms with Gasteiger partial charge in [-0.25, -0.2) is 9.38 Å². The third kappa shape index (κ3) is 4.14. The topological polar surface area (TPSA) is 81.3 Å². The summed E-state index contributed by atoms with van der Waals surface area (Å²) in [6, 6.07) is 1.30. The number of carbonyl (C=O) groups is 1. The molecule has 15 heteroatoms. The highest BCUT2D eigenvalue weighted by molar-refractivity contribution is 7.17. The number of thiazole rings is 1. The van der Waals surface area contributed by atoms with Gasteiger partial charge in [-0.05, 0) is 6.92 Å². The predicted octanol–water partition coefficient (Wildman–Crippen LogP) is 3.44. The van der Waals surface area contributed by atoms with E-state index >= 15 is 0 Å². The number of alkyl halides is 6. The molecule has 0 radical (unpaired) electrons. The largest absolute Gasteiger partial charge is 0.433 e. The number of aromatic nitrogens is 4. The zero-order valence-corrected chi connectivity index (χ0v) is 16.3. The van der Waals surface area contributed by atoms with Crippen molar-refractivity contribution in [1.82, 2.24) is 24.5 Å². The molecule has 3 aromatic heterocycles. The Kier molecular flexibility index (Phi) is 5.58. The van der Waals surface area contributed by atoms with Crippen molar-refractivity contribution >= 4 is 33.8 Å². The van der Waals surface area contributed by atoms with E-state index in [2.05, 4.69) is 15.4 Å². The van der Waals surface area contributed by atoms with E-state index in [0.717, 1.165) is 6.07 Å². The number of hydrogen-bond donors (Lipinski definition) is 1. The zero-order chi connectivity index (χ0) is 22.4. The second-order valence-corrected chi connectivity index (χ2v) is 7.21. The summed E-state index contributed by atoms with van der Waals surface area (Å²) in [4.78, 5) is 26.6. The molecule has 0 aliphatic rings. The normalized spacial score (nSPS) is 12.5. The first-order chi connectivity index (χ1) is 13.8. The number of nitrogens with zero attached hydrogens (tertiary/aromatic N) is 4. The van der Waals surface area contributed by atoms with E-state index < -0.39 is 56.7 Å². The molecule has 3 aromatic rings. The molecule has 0 aliphatic heterocycles. The number of halogens is 7. The Morgan fingerprint density at radius 3 is 2.43 bits per heavy atom. The molecule has 3 rings (SSSR count). The fourth-order valence-electron chi connectivity index (χ4n) is 2.63. The lowest BCUT2D eigenvalue weighted by molar-refractivity contribution is -0.144. The number of hydrogen-bond acceptors (Lipinski definition) is 5. The van der Waals surface area contributed by atoms with Crippen LogP contribution in [0.4, 0.5) is 26.3 Å². The van der Waals surface area contributed by atoms with Crippen molar-refractivity contribution in [3.05, 3.63) is 49.6 Å². The molecule has 1 N–H and O–H groups in total. The minimum Gasteiger partial charge on any atom is -0.351 e. The predicted molar refractivity (Wildman–Crippen MR) is 93.7 cm³/mol. The molecule has 0 unspecified atom stereocenters. The quantitative estimate of drug-likeness (QED) is 0.589. The first kappa shape index (κ1) is 22.1. The van der Waals surface area contributed by atoms with Crippen molar-refractivity contribution in [3.63, 3.8) is 0 Å². The Bertz CT molecular complexity index is 1180. The van der Waals surface area contributed by atoms with Gasteiger partial charge in [-0.15, -0.1) is 0 Å². The lowest BCUT2D eigenvalue weighted by Crippen LogP contribution is -2.30. The standard InChI is InChI=1S/C15H10ClF6N5O2S/c1-2-23-12(29)10-11(15(20,21)22)30-13-24-6(3-9(28)27(10)13)5-26-7(14(17,18)19)4-8(16)25-26/h3-4H,2,5H2,1H3,(H,23,29). The van der Waals surface area contributed by atoms with Gasteiger partial charge >= 0.3 is 12.4 Å². The van der Waals surface area contributed by atoms with Crippen LogP contribution in [0.1, 0.15) is 33.7 Å². The zero-order valence-electron chi connectivity index (χ0n) is 14.7. The van der Waals surface area contributed by atoms with Crippen molar-refractivity contribution in [2.24, 2.45) is 0 Å². The van der Waals surface area contributed by atoms with E-state index in [-0.39, 0.29) is 23.6 Å². The summed E-state index contributed by atoms with van der Waals surface area (Å²) in [6.45, 7) is 0.809. The smallest absolute Gasteiger partial charge is 0.351 e. The van der Waals surface area contributed by atoms with Crippen LogP contribution in [0.2, 0.25) is 5.15 Å². The van der Waals surface area contributed by atoms with Gasteiger partial charge in [-0.3, -0.25) is 14.3 Å². The highest BCUT2D eigenvalue weighted by Gasteiger charge is 2.40. The Morgan fingerprint density at radius 2 is 1.87 bits per heavy atom. The Balaban J connectivity index is 2.16. The van der Waals surface area contributed by atoms with E-state index in [0.29, 0.717) is 15.1 Å². The van der Waals surface area contributed by atoms with E-state index in [9.17, 15) is 35.9 Å². The summed E-state index contributed by atoms with van der Waals surface area (Å²) in [6.07, 6.45) is -9.76. The number of amides is 1. The molecule has 3 heterocycles. The molecule has 0 saturated carbocycles. The van der Waals surface area contributed by atoms with Gasteiger partial charge in [0.2, 0.25) is 0 Å². The molecule has 30 heavy (non-hydrogen) atoms. The van der Waals surface area contributed by atoms with E-state index in [1.165, 1.54) is 6.92 Å². The number of carbonyl (C=O) groups excluding carboxylic acids is 1. The minimum atomic E-state index is -4.95. The minimum absolute atomic E-state index is 0.00795. The van der Waals surface area contributed by atoms with E-state index in [4.69, 9.17) is 11.6 Å². The van der Waals surface area contributed by atoms with Gasteiger partial charge in [-0.2, -0.15) is 31.4 Å². The number of rotatable bonds is 4. The first-order valence-corrected chi connectivity index (χ1v) is 9.23. The first-order valence-electron chi connectivity index (χ1n) is 8.04. The molecule has 162 valence electrons. The number of fused-ring (bicyclic) bond motifs is 1. The highest BCUT2D eigenvalue weighted by atomic mass is 35.5. The van der Waals surface area contributed by atoms with Crippen molar-refractivity contribution in [2.45, 2.75) is 25.8 Å². The molecule has 1 amide bonds. The maximum Gasteiger partial charge on any atom is 0.433 e. The summed E-state index contributed by atoms with van der Waals surface area (Å²) in [5.41, 5.74) is -3.51. The highest BCUT2D eigenvalue weighted by Crippen LogP contribution is 2.37. The molecule has 7 nitrogen and oxygen atoms in total. The Morgan fingerprint density at radius 1 is 1.20 bits per heavy atom. The van der Waals surface area contributed by atoms with Crippen LogP contribution in [0.3, 0.4) is 0 Å². The van der Waals surface area contributed by atoms with Crippen LogP contribution in [0.15, 0.2) is 16.9 Å². The van der Waals surface area contributed by atoms with Crippen molar-refractivity contribution < 1.29 is 31.1 Å². The van der Waals surface area contributed by atoms with Crippen molar-refractivity contribution in [1.29, 1.82) is 0 Å². The van der Waals surface area contributed by atoms with Crippen LogP contribution in [0.25, 0.3) is 4.96 Å². The van der Waals surface area contributed by atoms with Crippen LogP contribution in [0.5, 0.6) is 0 Å². The summed E-state index contributed by atoms with van der Waals surface area (Å²) in [5.74, 6) is -1.13. The third-order valence-corrected chi connectivity index (χ3v) is 5.01. The molecule has 0 aromatic carbocycles. The monoisotopic (exact) mass is 473 g/mol. The average molecular weight is 474 g/mol. The van der Waals surface area contributed by atoms with Gasteiger partial charge in [0.25, 0.3) is 11.5 Å². The maximum absolute atomic E-state index is 13.4. The van der Waals surface area contributed by atoms with Crippen LogP contribution in [-0.2, 0) is 18.9 Å². The maximum atomic E-state index is 13.4. The van der Waals surface area contributed by atoms with Gasteiger partial charge in [-0.1, -0.05) is 22.9 Å². The fourth-order valence-corrected chi connectivity index (χ4v) is 3.84. The van der Waals surface area contributed by atoms with Gasteiger partial charge in [0.05, 0.1) is 12.2 Å². The molecule has 0 fully saturated rings. The second-order valence-electron chi connectivity index (χ2n) is 5.85. The molecule has 0 saturated heterocycles. The van der Waals surface area contributed by atoms with Crippen LogP contribution < -0.4 is 10.9 Å². The lowest BCUT2D eigenvalue weighted by atomic mass is 10.3. The molecule has 0 bridgehead atoms. The summed E-state index contributed by atoms with van der Waals surface area (Å²) >= 11 is 5.54. The van der Waals surface area contributed by atoms with Gasteiger partial charge in [0, 0.05) is 18.7 Å².